The number of aliphatic hydroxyl groups is 3. The zero-order valence-electron chi connectivity index (χ0n) is 24.0. The number of ketones is 2. The van der Waals surface area contributed by atoms with E-state index in [2.05, 4.69) is 5.32 Å². The van der Waals surface area contributed by atoms with E-state index in [0.29, 0.717) is 23.4 Å². The van der Waals surface area contributed by atoms with Crippen molar-refractivity contribution in [2.45, 2.75) is 37.3 Å². The Morgan fingerprint density at radius 3 is 2.34 bits per heavy atom. The van der Waals surface area contributed by atoms with Gasteiger partial charge in [0.05, 0.1) is 11.6 Å². The third-order valence-electron chi connectivity index (χ3n) is 8.41. The van der Waals surface area contributed by atoms with E-state index in [0.717, 1.165) is 0 Å². The minimum Gasteiger partial charge on any atom is -0.510 e. The molecule has 3 aliphatic rings. The monoisotopic (exact) mass is 574 g/mol. The molecule has 1 aromatic rings. The number of Topliss-reactive ketones (excluding diaryl/α,β-unsaturated/α-hetero) is 2. The molecule has 0 saturated heterocycles. The van der Waals surface area contributed by atoms with Crippen LogP contribution in [0.2, 0.25) is 0 Å². The number of ether oxygens (including phenoxy) is 2. The van der Waals surface area contributed by atoms with E-state index in [1.54, 1.807) is 34.3 Å². The van der Waals surface area contributed by atoms with Gasteiger partial charge in [0.25, 0.3) is 5.91 Å². The number of carbonyl (C=O) groups is 3. The molecule has 1 aromatic carbocycles. The number of hydrogen-bond acceptors (Lipinski definition) is 12. The number of aliphatic hydroxyl groups excluding tert-OH is 2. The van der Waals surface area contributed by atoms with Gasteiger partial charge in [0.15, 0.2) is 17.7 Å². The largest absolute Gasteiger partial charge is 0.510 e. The van der Waals surface area contributed by atoms with E-state index in [4.69, 9.17) is 15.2 Å². The number of amides is 1. The van der Waals surface area contributed by atoms with Crippen molar-refractivity contribution in [1.82, 2.24) is 10.2 Å². The highest BCUT2D eigenvalue weighted by Gasteiger charge is 2.63. The number of allylic oxidation sites excluding steroid dienone is 1. The third kappa shape index (κ3) is 4.67. The number of carbonyl (C=O) groups excluding carboxylic acids is 3. The van der Waals surface area contributed by atoms with Crippen LogP contribution in [-0.4, -0.2) is 110 Å². The van der Waals surface area contributed by atoms with Crippen LogP contribution in [0, 0.1) is 11.8 Å². The van der Waals surface area contributed by atoms with Gasteiger partial charge in [-0.15, -0.1) is 0 Å². The Labute approximate surface area is 237 Å². The van der Waals surface area contributed by atoms with Gasteiger partial charge in [-0.05, 0) is 44.5 Å². The second kappa shape index (κ2) is 11.1. The highest BCUT2D eigenvalue weighted by Crippen LogP contribution is 2.53. The molecule has 0 heterocycles. The summed E-state index contributed by atoms with van der Waals surface area (Å²) >= 11 is 0. The van der Waals surface area contributed by atoms with Crippen molar-refractivity contribution < 1.29 is 44.3 Å². The van der Waals surface area contributed by atoms with Gasteiger partial charge in [0, 0.05) is 64.1 Å². The van der Waals surface area contributed by atoms with Crippen LogP contribution in [-0.2, 0) is 32.0 Å². The van der Waals surface area contributed by atoms with Crippen molar-refractivity contribution in [2.75, 3.05) is 53.9 Å². The van der Waals surface area contributed by atoms with E-state index < -0.39 is 64.3 Å². The summed E-state index contributed by atoms with van der Waals surface area (Å²) in [6.07, 6.45) is -0.294. The molecular weight excluding hydrogens is 536 g/mol. The maximum atomic E-state index is 14.1. The molecule has 7 N–H and O–H groups in total. The molecule has 13 nitrogen and oxygen atoms in total. The average Bonchev–Trinajstić information content (AvgIpc) is 2.89. The Balaban J connectivity index is 1.86. The van der Waals surface area contributed by atoms with Gasteiger partial charge in [-0.3, -0.25) is 19.3 Å². The lowest BCUT2D eigenvalue weighted by Gasteiger charge is -2.50. The van der Waals surface area contributed by atoms with E-state index in [1.807, 2.05) is 4.90 Å². The predicted octanol–water partition coefficient (Wildman–Crippen LogP) is -0.105. The van der Waals surface area contributed by atoms with Crippen LogP contribution in [0.4, 0.5) is 5.69 Å². The minimum absolute atomic E-state index is 0.0259. The van der Waals surface area contributed by atoms with Gasteiger partial charge in [0.1, 0.15) is 22.8 Å². The molecule has 224 valence electrons. The van der Waals surface area contributed by atoms with Crippen LogP contribution in [0.3, 0.4) is 0 Å². The first-order valence-electron chi connectivity index (χ1n) is 13.2. The van der Waals surface area contributed by atoms with E-state index in [-0.39, 0.29) is 36.3 Å². The number of likely N-dealkylation sites (N-methyl/N-ethyl adjacent to an activating group) is 1. The van der Waals surface area contributed by atoms with Crippen LogP contribution in [0.25, 0.3) is 0 Å². The van der Waals surface area contributed by atoms with Gasteiger partial charge in [-0.2, -0.15) is 0 Å². The summed E-state index contributed by atoms with van der Waals surface area (Å²) in [4.78, 5) is 43.0. The molecule has 1 unspecified atom stereocenters. The number of nitrogens with zero attached hydrogens (tertiary/aromatic N) is 2. The smallest absolute Gasteiger partial charge is 0.255 e. The number of methoxy groups -OCH3 is 2. The number of fused-ring (bicyclic) bond motifs is 3. The van der Waals surface area contributed by atoms with Crippen molar-refractivity contribution >= 4 is 23.2 Å². The fourth-order valence-corrected chi connectivity index (χ4v) is 6.47. The summed E-state index contributed by atoms with van der Waals surface area (Å²) in [5.41, 5.74) is 3.27. The lowest BCUT2D eigenvalue weighted by Crippen LogP contribution is -2.63. The molecule has 4 atom stereocenters. The molecule has 0 fully saturated rings. The molecule has 3 aliphatic carbocycles. The summed E-state index contributed by atoms with van der Waals surface area (Å²) in [6, 6.07) is 0.732. The molecule has 1 amide bonds. The maximum absolute atomic E-state index is 14.1. The van der Waals surface area contributed by atoms with Gasteiger partial charge in [0.2, 0.25) is 5.78 Å². The van der Waals surface area contributed by atoms with Crippen molar-refractivity contribution in [2.24, 2.45) is 17.6 Å². The quantitative estimate of drug-likeness (QED) is 0.170. The lowest BCUT2D eigenvalue weighted by molar-refractivity contribution is -0.148. The zero-order chi connectivity index (χ0) is 30.5. The Morgan fingerprint density at radius 1 is 1.17 bits per heavy atom. The van der Waals surface area contributed by atoms with Crippen LogP contribution >= 0.6 is 0 Å². The van der Waals surface area contributed by atoms with Crippen LogP contribution < -0.4 is 16.0 Å². The number of nitrogens with one attached hydrogen (secondary N) is 1. The second-order valence-electron chi connectivity index (χ2n) is 11.1. The number of aromatic hydroxyl groups is 1. The first-order valence-corrected chi connectivity index (χ1v) is 13.2. The van der Waals surface area contributed by atoms with Gasteiger partial charge in [-0.1, -0.05) is 0 Å². The minimum atomic E-state index is -2.68. The Hall–Kier alpha value is -3.49. The van der Waals surface area contributed by atoms with Crippen LogP contribution in [0.1, 0.15) is 27.9 Å². The number of anilines is 1. The van der Waals surface area contributed by atoms with E-state index in [9.17, 15) is 34.8 Å². The zero-order valence-corrected chi connectivity index (χ0v) is 24.0. The molecule has 0 spiro atoms. The standard InChI is InChI=1S/C28H38N4O9/c1-31(2)16-9-13(10-30-11-17(40-5)41-6)22(33)19-14(16)7-12-8-15-21(32(3)4)24(35)20(27(29)38)26(37)28(15,39)25(36)18(12)23(19)34/h9,12,15,17,21,30,33,35-36,39H,7-8,10-11H2,1-6H3,(H2,29,38)/t12-,15-,21?,28-/m0/s1. The summed E-state index contributed by atoms with van der Waals surface area (Å²) in [5.74, 6) is -6.78. The van der Waals surface area contributed by atoms with Crippen molar-refractivity contribution in [3.63, 3.8) is 0 Å². The molecule has 0 saturated carbocycles. The summed E-state index contributed by atoms with van der Waals surface area (Å²) < 4.78 is 10.4. The Morgan fingerprint density at radius 2 is 1.80 bits per heavy atom. The maximum Gasteiger partial charge on any atom is 0.255 e. The number of hydrogen-bond donors (Lipinski definition) is 6. The lowest BCUT2D eigenvalue weighted by atomic mass is 9.58. The molecule has 0 radical (unpaired) electrons. The van der Waals surface area contributed by atoms with Crippen molar-refractivity contribution in [1.29, 1.82) is 0 Å². The van der Waals surface area contributed by atoms with E-state index in [1.165, 1.54) is 19.1 Å². The molecule has 0 aromatic heterocycles. The normalized spacial score (nSPS) is 25.9. The average molecular weight is 575 g/mol. The number of nitrogens with two attached hydrogens (primary N) is 1. The van der Waals surface area contributed by atoms with E-state index >= 15 is 0 Å². The summed E-state index contributed by atoms with van der Waals surface area (Å²) in [7, 11) is 9.78. The predicted molar refractivity (Wildman–Crippen MR) is 148 cm³/mol. The number of rotatable bonds is 9. The Kier molecular flexibility index (Phi) is 8.22. The molecule has 41 heavy (non-hydrogen) atoms. The van der Waals surface area contributed by atoms with Gasteiger partial charge < -0.3 is 45.9 Å². The highest BCUT2D eigenvalue weighted by molar-refractivity contribution is 6.24. The number of phenolic OH excluding ortho intramolecular Hbond substituents is 1. The van der Waals surface area contributed by atoms with Crippen molar-refractivity contribution in [3.8, 4) is 5.75 Å². The SMILES string of the molecule is COC(CNCc1cc(N(C)C)c2c(c1O)C(=O)C1=C(O)[C@]3(O)C(=O)C(C(N)=O)=C(O)C(N(C)C)[C@@H]3C[C@@H]1C2)OC. The molecule has 4 rings (SSSR count). The third-order valence-corrected chi connectivity index (χ3v) is 8.41. The number of phenols is 1. The summed E-state index contributed by atoms with van der Waals surface area (Å²) in [5, 5.41) is 48.6. The number of primary amides is 1. The van der Waals surface area contributed by atoms with Gasteiger partial charge in [-0.25, -0.2) is 0 Å². The molecule has 13 heteroatoms. The molecule has 0 aliphatic heterocycles. The van der Waals surface area contributed by atoms with Crippen LogP contribution in [0.5, 0.6) is 5.75 Å². The van der Waals surface area contributed by atoms with Gasteiger partial charge >= 0.3 is 0 Å². The first kappa shape index (κ1) is 30.5. The van der Waals surface area contributed by atoms with Crippen LogP contribution in [0.15, 0.2) is 28.7 Å². The molecular formula is C28H38N4O9. The first-order chi connectivity index (χ1) is 19.2. The van der Waals surface area contributed by atoms with Crippen molar-refractivity contribution in [3.05, 3.63) is 45.4 Å². The molecule has 0 bridgehead atoms. The highest BCUT2D eigenvalue weighted by atomic mass is 16.7. The fraction of sp³-hybridized carbons (Fsp3) is 0.536. The number of benzene rings is 1. The topological polar surface area (TPSA) is 195 Å². The fourth-order valence-electron chi connectivity index (χ4n) is 6.47. The summed E-state index contributed by atoms with van der Waals surface area (Å²) in [6.45, 7) is 0.459. The Bertz CT molecular complexity index is 1350. The second-order valence-corrected chi connectivity index (χ2v) is 11.1.